The Morgan fingerprint density at radius 2 is 1.83 bits per heavy atom. The van der Waals surface area contributed by atoms with Crippen molar-refractivity contribution in [2.24, 2.45) is 0 Å². The number of para-hydroxylation sites is 1. The zero-order chi connectivity index (χ0) is 24.8. The van der Waals surface area contributed by atoms with Gasteiger partial charge in [-0.15, -0.1) is 0 Å². The molecule has 4 heterocycles. The molecule has 4 aromatic rings. The number of anilines is 2. The van der Waals surface area contributed by atoms with E-state index in [1.807, 2.05) is 6.92 Å². The van der Waals surface area contributed by atoms with Crippen LogP contribution in [-0.4, -0.2) is 29.6 Å². The smallest absolute Gasteiger partial charge is 0.297 e. The number of thiazole rings is 1. The van der Waals surface area contributed by atoms with Gasteiger partial charge in [-0.1, -0.05) is 41.2 Å². The van der Waals surface area contributed by atoms with Crippen molar-refractivity contribution in [2.75, 3.05) is 16.8 Å². The Hall–Kier alpha value is -4.11. The predicted molar refractivity (Wildman–Crippen MR) is 132 cm³/mol. The summed E-state index contributed by atoms with van der Waals surface area (Å²) in [6, 6.07) is 12.2. The molecule has 35 heavy (non-hydrogen) atoms. The van der Waals surface area contributed by atoms with Crippen LogP contribution in [0.3, 0.4) is 0 Å². The van der Waals surface area contributed by atoms with Gasteiger partial charge in [0.2, 0.25) is 5.76 Å². The van der Waals surface area contributed by atoms with Gasteiger partial charge in [0.15, 0.2) is 21.9 Å². The van der Waals surface area contributed by atoms with E-state index in [9.17, 15) is 19.2 Å². The molecule has 0 saturated carbocycles. The number of carbonyl (C=O) groups excluding carboxylic acids is 3. The van der Waals surface area contributed by atoms with E-state index in [2.05, 4.69) is 4.98 Å². The first-order valence-corrected chi connectivity index (χ1v) is 11.8. The number of rotatable bonds is 2. The van der Waals surface area contributed by atoms with Gasteiger partial charge < -0.3 is 9.32 Å². The molecule has 2 aromatic carbocycles. The number of Topliss-reactive ketones (excluding diaryl/α,β-unsaturated/α-hetero) is 1. The number of carbonyl (C=O) groups is 3. The molecule has 174 valence electrons. The van der Waals surface area contributed by atoms with Crippen molar-refractivity contribution in [1.29, 1.82) is 0 Å². The van der Waals surface area contributed by atoms with Gasteiger partial charge in [0.05, 0.1) is 21.5 Å². The number of hydrogen-bond acceptors (Lipinski definition) is 7. The van der Waals surface area contributed by atoms with Gasteiger partial charge in [-0.2, -0.15) is 0 Å². The summed E-state index contributed by atoms with van der Waals surface area (Å²) in [6.07, 6.45) is 0. The van der Waals surface area contributed by atoms with Crippen molar-refractivity contribution in [1.82, 2.24) is 4.98 Å². The minimum atomic E-state index is -1.80. The average Bonchev–Trinajstić information content (AvgIpc) is 3.41. The van der Waals surface area contributed by atoms with E-state index in [-0.39, 0.29) is 33.2 Å². The minimum Gasteiger partial charge on any atom is -0.450 e. The number of ketones is 1. The summed E-state index contributed by atoms with van der Waals surface area (Å²) < 4.78 is 6.02. The molecule has 0 radical (unpaired) electrons. The number of aromatic nitrogens is 1. The lowest BCUT2D eigenvalue weighted by Gasteiger charge is -2.31. The third-order valence-corrected chi connectivity index (χ3v) is 7.95. The maximum Gasteiger partial charge on any atom is 0.297 e. The maximum atomic E-state index is 14.1. The summed E-state index contributed by atoms with van der Waals surface area (Å²) >= 11 is 1.02. The highest BCUT2D eigenvalue weighted by Gasteiger charge is 2.65. The van der Waals surface area contributed by atoms with E-state index in [1.165, 1.54) is 16.7 Å². The second kappa shape index (κ2) is 6.96. The fourth-order valence-corrected chi connectivity index (χ4v) is 6.20. The van der Waals surface area contributed by atoms with Crippen LogP contribution in [0.15, 0.2) is 51.7 Å². The van der Waals surface area contributed by atoms with Crippen LogP contribution < -0.4 is 15.2 Å². The molecule has 2 aliphatic heterocycles. The van der Waals surface area contributed by atoms with E-state index in [1.54, 1.807) is 56.4 Å². The van der Waals surface area contributed by atoms with E-state index in [0.717, 1.165) is 16.9 Å². The first-order valence-electron chi connectivity index (χ1n) is 11.0. The van der Waals surface area contributed by atoms with Gasteiger partial charge in [-0.05, 0) is 32.0 Å². The molecular weight excluding hydrogens is 466 g/mol. The van der Waals surface area contributed by atoms with Crippen LogP contribution >= 0.6 is 11.3 Å². The molecule has 1 spiro atoms. The minimum absolute atomic E-state index is 0.0281. The number of aryl methyl sites for hydroxylation is 2. The van der Waals surface area contributed by atoms with Crippen LogP contribution in [0, 0.1) is 13.8 Å². The number of hydrogen-bond donors (Lipinski definition) is 0. The van der Waals surface area contributed by atoms with Gasteiger partial charge in [-0.25, -0.2) is 4.98 Å². The van der Waals surface area contributed by atoms with Gasteiger partial charge in [0.25, 0.3) is 11.8 Å². The first-order chi connectivity index (χ1) is 16.7. The summed E-state index contributed by atoms with van der Waals surface area (Å²) in [7, 11) is 1.61. The zero-order valence-corrected chi connectivity index (χ0v) is 20.1. The molecule has 6 rings (SSSR count). The quantitative estimate of drug-likeness (QED) is 0.399. The molecule has 2 amide bonds. The second-order valence-electron chi connectivity index (χ2n) is 8.83. The number of nitrogens with zero attached hydrogens (tertiary/aromatic N) is 3. The van der Waals surface area contributed by atoms with Crippen LogP contribution in [0.2, 0.25) is 0 Å². The highest BCUT2D eigenvalue weighted by Crippen LogP contribution is 2.54. The van der Waals surface area contributed by atoms with Gasteiger partial charge >= 0.3 is 0 Å². The topological polar surface area (TPSA) is 101 Å². The van der Waals surface area contributed by atoms with Gasteiger partial charge in [-0.3, -0.25) is 24.1 Å². The molecule has 0 N–H and O–H groups in total. The number of amides is 2. The molecule has 0 aliphatic carbocycles. The fraction of sp³-hybridized carbons (Fsp3) is 0.192. The lowest BCUT2D eigenvalue weighted by molar-refractivity contribution is -0.121. The van der Waals surface area contributed by atoms with Crippen molar-refractivity contribution in [3.63, 3.8) is 0 Å². The molecule has 9 heteroatoms. The molecule has 1 atom stereocenters. The SMILES string of the molecule is CC(=O)c1sc(N2C(=O)c3oc4ccc(C)cc4c(=O)c3C23C(=O)N(C)c2ccccc23)nc1C. The molecular formula is C26H19N3O5S. The molecule has 2 aromatic heterocycles. The van der Waals surface area contributed by atoms with Gasteiger partial charge in [0.1, 0.15) is 5.58 Å². The van der Waals surface area contributed by atoms with Crippen LogP contribution in [0.1, 0.15) is 49.5 Å². The zero-order valence-electron chi connectivity index (χ0n) is 19.3. The van der Waals surface area contributed by atoms with Crippen LogP contribution in [0.4, 0.5) is 10.8 Å². The molecule has 0 bridgehead atoms. The van der Waals surface area contributed by atoms with Crippen molar-refractivity contribution in [3.05, 3.63) is 85.7 Å². The lowest BCUT2D eigenvalue weighted by atomic mass is 9.84. The summed E-state index contributed by atoms with van der Waals surface area (Å²) in [5, 5.41) is 0.444. The summed E-state index contributed by atoms with van der Waals surface area (Å²) in [5.41, 5.74) is 0.341. The largest absolute Gasteiger partial charge is 0.450 e. The van der Waals surface area contributed by atoms with E-state index >= 15 is 0 Å². The summed E-state index contributed by atoms with van der Waals surface area (Å²) in [4.78, 5) is 61.9. The molecule has 2 aliphatic rings. The van der Waals surface area contributed by atoms with Crippen molar-refractivity contribution in [3.8, 4) is 0 Å². The highest BCUT2D eigenvalue weighted by atomic mass is 32.1. The van der Waals surface area contributed by atoms with Crippen LogP contribution in [0.25, 0.3) is 11.0 Å². The van der Waals surface area contributed by atoms with E-state index in [0.29, 0.717) is 21.8 Å². The number of likely N-dealkylation sites (N-methyl/N-ethyl adjacent to an activating group) is 1. The maximum absolute atomic E-state index is 14.1. The lowest BCUT2D eigenvalue weighted by Crippen LogP contribution is -2.53. The molecule has 0 fully saturated rings. The number of benzene rings is 2. The Kier molecular flexibility index (Phi) is 4.26. The fourth-order valence-electron chi connectivity index (χ4n) is 5.19. The van der Waals surface area contributed by atoms with Gasteiger partial charge in [0, 0.05) is 25.2 Å². The monoisotopic (exact) mass is 485 g/mol. The highest BCUT2D eigenvalue weighted by molar-refractivity contribution is 7.17. The standard InChI is InChI=1S/C26H19N3O5S/c1-12-9-10-18-15(11-12)20(31)19-21(34-18)23(32)29(25-27-13(2)22(35-25)14(3)30)26(19)16-7-5-6-8-17(16)28(4)24(26)33/h5-11H,1-4H3. The van der Waals surface area contributed by atoms with E-state index in [4.69, 9.17) is 4.42 Å². The first kappa shape index (κ1) is 21.4. The third-order valence-electron chi connectivity index (χ3n) is 6.71. The second-order valence-corrected chi connectivity index (χ2v) is 9.81. The summed E-state index contributed by atoms with van der Waals surface area (Å²) in [5.74, 6) is -1.51. The molecule has 8 nitrogen and oxygen atoms in total. The van der Waals surface area contributed by atoms with Crippen LogP contribution in [0.5, 0.6) is 0 Å². The predicted octanol–water partition coefficient (Wildman–Crippen LogP) is 3.95. The number of fused-ring (bicyclic) bond motifs is 5. The molecule has 0 saturated heterocycles. The van der Waals surface area contributed by atoms with Crippen molar-refractivity contribution < 1.29 is 18.8 Å². The normalized spacial score (nSPS) is 18.6. The van der Waals surface area contributed by atoms with E-state index < -0.39 is 22.8 Å². The third kappa shape index (κ3) is 2.53. The average molecular weight is 486 g/mol. The van der Waals surface area contributed by atoms with Crippen molar-refractivity contribution >= 4 is 50.7 Å². The Labute approximate surface area is 203 Å². The Morgan fingerprint density at radius 1 is 1.09 bits per heavy atom. The Morgan fingerprint density at radius 3 is 2.54 bits per heavy atom. The Balaban J connectivity index is 1.78. The Bertz CT molecular complexity index is 1700. The molecule has 1 unspecified atom stereocenters. The summed E-state index contributed by atoms with van der Waals surface area (Å²) in [6.45, 7) is 4.95. The van der Waals surface area contributed by atoms with Crippen molar-refractivity contribution in [2.45, 2.75) is 26.3 Å². The van der Waals surface area contributed by atoms with Crippen LogP contribution in [-0.2, 0) is 10.3 Å².